The summed E-state index contributed by atoms with van der Waals surface area (Å²) in [6.45, 7) is -0.222. The van der Waals surface area contributed by atoms with E-state index in [2.05, 4.69) is 10.3 Å². The number of rotatable bonds is 3. The van der Waals surface area contributed by atoms with Crippen LogP contribution in [0.15, 0.2) is 24.4 Å². The van der Waals surface area contributed by atoms with Gasteiger partial charge >= 0.3 is 0 Å². The minimum Gasteiger partial charge on any atom is -0.497 e. The summed E-state index contributed by atoms with van der Waals surface area (Å²) in [6.07, 6.45) is -0.143. The summed E-state index contributed by atoms with van der Waals surface area (Å²) in [5.74, 6) is 0.727. The second-order valence-corrected chi connectivity index (χ2v) is 5.07. The quantitative estimate of drug-likeness (QED) is 0.540. The van der Waals surface area contributed by atoms with E-state index in [4.69, 9.17) is 4.74 Å². The molecule has 1 aliphatic heterocycles. The van der Waals surface area contributed by atoms with Crippen LogP contribution < -0.4 is 10.1 Å². The molecule has 1 aliphatic rings. The Morgan fingerprint density at radius 2 is 2.05 bits per heavy atom. The predicted octanol–water partition coefficient (Wildman–Crippen LogP) is -0.0965. The van der Waals surface area contributed by atoms with Gasteiger partial charge in [-0.25, -0.2) is 0 Å². The number of benzene rings is 1. The Hall–Kier alpha value is -1.60. The molecule has 2 aromatic rings. The van der Waals surface area contributed by atoms with Crippen LogP contribution >= 0.6 is 0 Å². The third-order valence-electron chi connectivity index (χ3n) is 3.95. The van der Waals surface area contributed by atoms with Crippen molar-refractivity contribution in [2.75, 3.05) is 13.7 Å². The van der Waals surface area contributed by atoms with E-state index >= 15 is 0 Å². The Morgan fingerprint density at radius 1 is 1.25 bits per heavy atom. The van der Waals surface area contributed by atoms with Crippen LogP contribution in [0.3, 0.4) is 0 Å². The van der Waals surface area contributed by atoms with Crippen molar-refractivity contribution in [3.8, 4) is 5.75 Å². The van der Waals surface area contributed by atoms with Gasteiger partial charge in [0.15, 0.2) is 0 Å². The monoisotopic (exact) mass is 278 g/mol. The fourth-order valence-corrected chi connectivity index (χ4v) is 2.80. The van der Waals surface area contributed by atoms with Gasteiger partial charge in [-0.3, -0.25) is 0 Å². The Balaban J connectivity index is 2.02. The maximum atomic E-state index is 10.1. The highest BCUT2D eigenvalue weighted by atomic mass is 16.5. The Morgan fingerprint density at radius 3 is 2.70 bits per heavy atom. The minimum atomic E-state index is -0.986. The Labute approximate surface area is 116 Å². The number of H-pyrrole nitrogens is 1. The fraction of sp³-hybridized carbons (Fsp3) is 0.429. The van der Waals surface area contributed by atoms with E-state index in [9.17, 15) is 15.3 Å². The van der Waals surface area contributed by atoms with E-state index in [1.807, 2.05) is 18.2 Å². The van der Waals surface area contributed by atoms with Gasteiger partial charge in [0.1, 0.15) is 11.9 Å². The van der Waals surface area contributed by atoms with Crippen molar-refractivity contribution in [1.29, 1.82) is 0 Å². The number of methoxy groups -OCH3 is 1. The molecule has 0 bridgehead atoms. The van der Waals surface area contributed by atoms with Gasteiger partial charge in [0.25, 0.3) is 0 Å². The van der Waals surface area contributed by atoms with Gasteiger partial charge in [-0.05, 0) is 23.8 Å². The van der Waals surface area contributed by atoms with E-state index in [-0.39, 0.29) is 6.61 Å². The van der Waals surface area contributed by atoms with Crippen molar-refractivity contribution in [2.45, 2.75) is 24.3 Å². The normalized spacial score (nSPS) is 30.0. The molecule has 0 spiro atoms. The summed E-state index contributed by atoms with van der Waals surface area (Å²) in [5.41, 5.74) is 1.78. The molecule has 108 valence electrons. The van der Waals surface area contributed by atoms with Crippen molar-refractivity contribution < 1.29 is 20.1 Å². The maximum Gasteiger partial charge on any atom is 0.119 e. The number of aliphatic hydroxyl groups excluding tert-OH is 3. The third kappa shape index (κ3) is 1.97. The highest BCUT2D eigenvalue weighted by molar-refractivity contribution is 5.85. The van der Waals surface area contributed by atoms with Crippen LogP contribution in [0.5, 0.6) is 5.75 Å². The van der Waals surface area contributed by atoms with Crippen LogP contribution in [0.1, 0.15) is 11.6 Å². The first kappa shape index (κ1) is 13.4. The number of hydrogen-bond acceptors (Lipinski definition) is 5. The molecule has 1 aromatic carbocycles. The number of nitrogens with one attached hydrogen (secondary N) is 2. The van der Waals surface area contributed by atoms with Gasteiger partial charge in [-0.15, -0.1) is 0 Å². The topological polar surface area (TPSA) is 97.7 Å². The Kier molecular flexibility index (Phi) is 3.39. The second kappa shape index (κ2) is 5.06. The van der Waals surface area contributed by atoms with Gasteiger partial charge in [-0.1, -0.05) is 0 Å². The predicted molar refractivity (Wildman–Crippen MR) is 73.6 cm³/mol. The molecule has 1 aromatic heterocycles. The van der Waals surface area contributed by atoms with Gasteiger partial charge in [0.05, 0.1) is 31.9 Å². The molecule has 0 radical (unpaired) electrons. The van der Waals surface area contributed by atoms with Crippen LogP contribution in [0.4, 0.5) is 0 Å². The first-order valence-corrected chi connectivity index (χ1v) is 6.53. The lowest BCUT2D eigenvalue weighted by molar-refractivity contribution is 0.0196. The van der Waals surface area contributed by atoms with Gasteiger partial charge in [0.2, 0.25) is 0 Å². The van der Waals surface area contributed by atoms with Gasteiger partial charge in [0, 0.05) is 17.1 Å². The smallest absolute Gasteiger partial charge is 0.119 e. The Bertz CT molecular complexity index is 612. The van der Waals surface area contributed by atoms with Crippen LogP contribution in [-0.2, 0) is 0 Å². The molecule has 1 saturated heterocycles. The summed E-state index contributed by atoms with van der Waals surface area (Å²) < 4.78 is 5.21. The number of aromatic amines is 1. The lowest BCUT2D eigenvalue weighted by Crippen LogP contribution is -2.35. The van der Waals surface area contributed by atoms with E-state index in [0.29, 0.717) is 0 Å². The zero-order chi connectivity index (χ0) is 14.3. The summed E-state index contributed by atoms with van der Waals surface area (Å²) >= 11 is 0. The molecule has 3 rings (SSSR count). The maximum absolute atomic E-state index is 10.1. The number of ether oxygens (including phenoxy) is 1. The molecule has 1 fully saturated rings. The molecule has 6 nitrogen and oxygen atoms in total. The van der Waals surface area contributed by atoms with Crippen molar-refractivity contribution in [2.24, 2.45) is 0 Å². The lowest BCUT2D eigenvalue weighted by atomic mass is 10.0. The summed E-state index contributed by atoms with van der Waals surface area (Å²) in [6, 6.07) is 4.69. The zero-order valence-corrected chi connectivity index (χ0v) is 11.1. The molecule has 2 heterocycles. The first-order valence-electron chi connectivity index (χ1n) is 6.53. The van der Waals surface area contributed by atoms with Crippen LogP contribution in [-0.4, -0.2) is 52.3 Å². The largest absolute Gasteiger partial charge is 0.497 e. The summed E-state index contributed by atoms with van der Waals surface area (Å²) in [5, 5.41) is 33.2. The lowest BCUT2D eigenvalue weighted by Gasteiger charge is -2.15. The molecule has 6 heteroatoms. The van der Waals surface area contributed by atoms with Gasteiger partial charge in [-0.2, -0.15) is 0 Å². The molecule has 0 unspecified atom stereocenters. The average molecular weight is 278 g/mol. The first-order chi connectivity index (χ1) is 9.65. The van der Waals surface area contributed by atoms with E-state index in [1.54, 1.807) is 13.3 Å². The van der Waals surface area contributed by atoms with Crippen LogP contribution in [0.2, 0.25) is 0 Å². The number of hydrogen-bond donors (Lipinski definition) is 5. The fourth-order valence-electron chi connectivity index (χ4n) is 2.80. The second-order valence-electron chi connectivity index (χ2n) is 5.07. The zero-order valence-electron chi connectivity index (χ0n) is 11.1. The van der Waals surface area contributed by atoms with Crippen molar-refractivity contribution >= 4 is 10.9 Å². The molecule has 4 atom stereocenters. The molecule has 0 aliphatic carbocycles. The highest BCUT2D eigenvalue weighted by Gasteiger charge is 2.42. The van der Waals surface area contributed by atoms with Crippen LogP contribution in [0, 0.1) is 0 Å². The summed E-state index contributed by atoms with van der Waals surface area (Å²) in [4.78, 5) is 3.13. The average Bonchev–Trinajstić information content (AvgIpc) is 3.01. The van der Waals surface area contributed by atoms with Crippen molar-refractivity contribution in [3.63, 3.8) is 0 Å². The van der Waals surface area contributed by atoms with Crippen molar-refractivity contribution in [1.82, 2.24) is 10.3 Å². The molecule has 0 saturated carbocycles. The number of aromatic nitrogens is 1. The molecule has 20 heavy (non-hydrogen) atoms. The minimum absolute atomic E-state index is 0.222. The molecule has 0 amide bonds. The van der Waals surface area contributed by atoms with E-state index in [1.165, 1.54) is 0 Å². The number of fused-ring (bicyclic) bond motifs is 1. The molecular formula is C14H18N2O4. The highest BCUT2D eigenvalue weighted by Crippen LogP contribution is 2.33. The van der Waals surface area contributed by atoms with Crippen LogP contribution in [0.25, 0.3) is 10.9 Å². The molecular weight excluding hydrogens is 260 g/mol. The van der Waals surface area contributed by atoms with E-state index in [0.717, 1.165) is 22.2 Å². The standard InChI is InChI=1S/C14H18N2O4/c1-20-7-2-3-10-8(4-7)9(5-15-10)12-14(19)13(18)11(6-17)16-12/h2-5,11-19H,6H2,1H3/t11-,12-,13-,14-/m0/s1. The molecule has 5 N–H and O–H groups in total. The van der Waals surface area contributed by atoms with E-state index < -0.39 is 24.3 Å². The SMILES string of the molecule is COc1ccc2[nH]cc([C@@H]3N[C@@H](CO)[C@H](O)[C@H]3O)c2c1. The third-order valence-corrected chi connectivity index (χ3v) is 3.95. The van der Waals surface area contributed by atoms with Crippen molar-refractivity contribution in [3.05, 3.63) is 30.0 Å². The number of aliphatic hydroxyl groups is 3. The van der Waals surface area contributed by atoms with Gasteiger partial charge < -0.3 is 30.4 Å². The summed E-state index contributed by atoms with van der Waals surface area (Å²) in [7, 11) is 1.60.